The molecule has 0 unspecified atom stereocenters. The Morgan fingerprint density at radius 2 is 1.77 bits per heavy atom. The summed E-state index contributed by atoms with van der Waals surface area (Å²) in [6.45, 7) is 0. The molecule has 1 aromatic heterocycles. The average molecular weight is 620 g/mol. The molecule has 1 amide bonds. The van der Waals surface area contributed by atoms with Crippen molar-refractivity contribution in [1.82, 2.24) is 0 Å². The number of hydrogen-bond acceptors (Lipinski definition) is 5. The first-order valence-corrected chi connectivity index (χ1v) is 11.6. The van der Waals surface area contributed by atoms with Crippen molar-refractivity contribution >= 4 is 76.0 Å². The number of ether oxygens (including phenoxy) is 2. The zero-order chi connectivity index (χ0) is 22.0. The second-order valence-corrected chi connectivity index (χ2v) is 9.29. The van der Waals surface area contributed by atoms with Gasteiger partial charge in [-0.3, -0.25) is 4.79 Å². The molecule has 0 aliphatic rings. The van der Waals surface area contributed by atoms with Crippen LogP contribution in [0.3, 0.4) is 0 Å². The van der Waals surface area contributed by atoms with Gasteiger partial charge in [-0.25, -0.2) is 4.79 Å². The zero-order valence-corrected chi connectivity index (χ0v) is 21.2. The van der Waals surface area contributed by atoms with Gasteiger partial charge in [0.15, 0.2) is 0 Å². The van der Waals surface area contributed by atoms with Gasteiger partial charge in [0.2, 0.25) is 0 Å². The highest BCUT2D eigenvalue weighted by molar-refractivity contribution is 9.11. The Morgan fingerprint density at radius 3 is 2.40 bits per heavy atom. The minimum Gasteiger partial charge on any atom is -0.497 e. The lowest BCUT2D eigenvalue weighted by Crippen LogP contribution is -2.15. The van der Waals surface area contributed by atoms with E-state index in [0.29, 0.717) is 36.0 Å². The van der Waals surface area contributed by atoms with Gasteiger partial charge in [-0.15, -0.1) is 11.3 Å². The first-order valence-electron chi connectivity index (χ1n) is 8.30. The minimum atomic E-state index is -1.14. The summed E-state index contributed by atoms with van der Waals surface area (Å²) in [7, 11) is 3.03. The SMILES string of the molecule is COc1cccc(-c2csc(NC(=O)c3c(Br)cc(Br)c(OC)c3Br)c2C(=O)O)c1. The molecule has 0 saturated carbocycles. The minimum absolute atomic E-state index is 0.0120. The molecule has 0 radical (unpaired) electrons. The molecule has 0 fully saturated rings. The number of carboxylic acid groups (broad SMARTS) is 1. The number of methoxy groups -OCH3 is 2. The summed E-state index contributed by atoms with van der Waals surface area (Å²) in [5.74, 6) is -0.572. The normalized spacial score (nSPS) is 10.6. The molecule has 0 aliphatic carbocycles. The highest BCUT2D eigenvalue weighted by Crippen LogP contribution is 2.42. The van der Waals surface area contributed by atoms with E-state index in [1.165, 1.54) is 7.11 Å². The highest BCUT2D eigenvalue weighted by Gasteiger charge is 2.25. The molecule has 3 rings (SSSR count). The molecule has 3 aromatic rings. The van der Waals surface area contributed by atoms with Crippen LogP contribution in [0.15, 0.2) is 49.1 Å². The number of halogens is 3. The van der Waals surface area contributed by atoms with E-state index in [2.05, 4.69) is 53.1 Å². The highest BCUT2D eigenvalue weighted by atomic mass is 79.9. The predicted octanol–water partition coefficient (Wildman–Crippen LogP) is 6.67. The van der Waals surface area contributed by atoms with E-state index < -0.39 is 11.9 Å². The number of benzene rings is 2. The fourth-order valence-electron chi connectivity index (χ4n) is 2.80. The van der Waals surface area contributed by atoms with Crippen LogP contribution in [0.4, 0.5) is 5.00 Å². The smallest absolute Gasteiger partial charge is 0.339 e. The molecule has 30 heavy (non-hydrogen) atoms. The van der Waals surface area contributed by atoms with Crippen molar-refractivity contribution in [3.05, 3.63) is 60.3 Å². The number of hydrogen-bond donors (Lipinski definition) is 2. The van der Waals surface area contributed by atoms with E-state index in [9.17, 15) is 14.7 Å². The van der Waals surface area contributed by atoms with E-state index in [1.807, 2.05) is 0 Å². The topological polar surface area (TPSA) is 84.9 Å². The van der Waals surface area contributed by atoms with Crippen LogP contribution in [0.5, 0.6) is 11.5 Å². The summed E-state index contributed by atoms with van der Waals surface area (Å²) in [6, 6.07) is 8.77. The van der Waals surface area contributed by atoms with Crippen LogP contribution in [0.25, 0.3) is 11.1 Å². The second kappa shape index (κ2) is 9.51. The summed E-state index contributed by atoms with van der Waals surface area (Å²) in [4.78, 5) is 25.0. The third-order valence-electron chi connectivity index (χ3n) is 4.17. The van der Waals surface area contributed by atoms with Gasteiger partial charge in [0.1, 0.15) is 22.1 Å². The number of carbonyl (C=O) groups excluding carboxylic acids is 1. The van der Waals surface area contributed by atoms with Gasteiger partial charge < -0.3 is 19.9 Å². The summed E-state index contributed by atoms with van der Waals surface area (Å²) in [6.07, 6.45) is 0. The van der Waals surface area contributed by atoms with E-state index >= 15 is 0 Å². The predicted molar refractivity (Wildman–Crippen MR) is 127 cm³/mol. The number of rotatable bonds is 6. The molecule has 0 spiro atoms. The van der Waals surface area contributed by atoms with Crippen molar-refractivity contribution in [2.45, 2.75) is 0 Å². The van der Waals surface area contributed by atoms with Crippen LogP contribution in [0.1, 0.15) is 20.7 Å². The fourth-order valence-corrected chi connectivity index (χ4v) is 6.56. The Bertz CT molecular complexity index is 1150. The van der Waals surface area contributed by atoms with Gasteiger partial charge in [0.25, 0.3) is 5.91 Å². The van der Waals surface area contributed by atoms with E-state index in [1.54, 1.807) is 42.8 Å². The van der Waals surface area contributed by atoms with Crippen LogP contribution >= 0.6 is 59.1 Å². The van der Waals surface area contributed by atoms with Gasteiger partial charge in [-0.05, 0) is 71.6 Å². The molecule has 1 heterocycles. The molecule has 2 N–H and O–H groups in total. The van der Waals surface area contributed by atoms with Crippen LogP contribution in [-0.4, -0.2) is 31.2 Å². The molecule has 6 nitrogen and oxygen atoms in total. The first kappa shape index (κ1) is 22.8. The second-order valence-electron chi connectivity index (χ2n) is 5.91. The summed E-state index contributed by atoms with van der Waals surface area (Å²) >= 11 is 11.3. The standard InChI is InChI=1S/C20H14Br3NO5S/c1-28-10-5-3-4-9(6-10)11-8-30-19(14(11)20(26)27)24-18(25)15-12(21)7-13(22)17(29-2)16(15)23/h3-8H,1-2H3,(H,24,25)(H,26,27). The third-order valence-corrected chi connectivity index (χ3v) is 7.04. The number of carboxylic acids is 1. The quantitative estimate of drug-likeness (QED) is 0.322. The van der Waals surface area contributed by atoms with E-state index in [-0.39, 0.29) is 16.1 Å². The maximum absolute atomic E-state index is 13.0. The molecule has 0 saturated heterocycles. The molecule has 0 atom stereocenters. The van der Waals surface area contributed by atoms with Crippen LogP contribution in [0, 0.1) is 0 Å². The maximum Gasteiger partial charge on any atom is 0.339 e. The first-order chi connectivity index (χ1) is 14.3. The van der Waals surface area contributed by atoms with Crippen molar-refractivity contribution in [1.29, 1.82) is 0 Å². The number of nitrogens with one attached hydrogen (secondary N) is 1. The van der Waals surface area contributed by atoms with Gasteiger partial charge in [-0.1, -0.05) is 12.1 Å². The van der Waals surface area contributed by atoms with Crippen molar-refractivity contribution < 1.29 is 24.2 Å². The number of thiophene rings is 1. The maximum atomic E-state index is 13.0. The number of carbonyl (C=O) groups is 2. The zero-order valence-electron chi connectivity index (χ0n) is 15.6. The average Bonchev–Trinajstić information content (AvgIpc) is 3.11. The molecule has 156 valence electrons. The third kappa shape index (κ3) is 4.41. The van der Waals surface area contributed by atoms with E-state index in [4.69, 9.17) is 9.47 Å². The Morgan fingerprint density at radius 1 is 1.03 bits per heavy atom. The number of amides is 1. The Kier molecular flexibility index (Phi) is 7.22. The summed E-state index contributed by atoms with van der Waals surface area (Å²) < 4.78 is 12.1. The van der Waals surface area contributed by atoms with Crippen molar-refractivity contribution in [2.75, 3.05) is 19.5 Å². The van der Waals surface area contributed by atoms with Crippen LogP contribution in [-0.2, 0) is 0 Å². The monoisotopic (exact) mass is 617 g/mol. The Labute approximate surface area is 201 Å². The molecule has 0 aliphatic heterocycles. The van der Waals surface area contributed by atoms with Crippen LogP contribution in [0.2, 0.25) is 0 Å². The fraction of sp³-hybridized carbons (Fsp3) is 0.100. The van der Waals surface area contributed by atoms with Crippen molar-refractivity contribution in [2.24, 2.45) is 0 Å². The van der Waals surface area contributed by atoms with Crippen LogP contribution < -0.4 is 14.8 Å². The van der Waals surface area contributed by atoms with Gasteiger partial charge in [0.05, 0.1) is 28.7 Å². The molecule has 10 heteroatoms. The lowest BCUT2D eigenvalue weighted by atomic mass is 10.0. The summed E-state index contributed by atoms with van der Waals surface area (Å²) in [5.41, 5.74) is 1.46. The lowest BCUT2D eigenvalue weighted by Gasteiger charge is -2.13. The van der Waals surface area contributed by atoms with Gasteiger partial charge in [-0.2, -0.15) is 0 Å². The molecule has 0 bridgehead atoms. The molecular formula is C20H14Br3NO5S. The van der Waals surface area contributed by atoms with E-state index in [0.717, 1.165) is 11.3 Å². The van der Waals surface area contributed by atoms with Gasteiger partial charge in [0, 0.05) is 15.4 Å². The van der Waals surface area contributed by atoms with Crippen molar-refractivity contribution in [3.8, 4) is 22.6 Å². The Hall–Kier alpha value is -1.88. The molecule has 2 aromatic carbocycles. The summed E-state index contributed by atoms with van der Waals surface area (Å²) in [5, 5.41) is 14.5. The van der Waals surface area contributed by atoms with Gasteiger partial charge >= 0.3 is 5.97 Å². The lowest BCUT2D eigenvalue weighted by molar-refractivity contribution is 0.0699. The Balaban J connectivity index is 2.03. The number of anilines is 1. The largest absolute Gasteiger partial charge is 0.497 e. The number of aromatic carboxylic acids is 1. The van der Waals surface area contributed by atoms with Crippen molar-refractivity contribution in [3.63, 3.8) is 0 Å². The molecular weight excluding hydrogens is 606 g/mol.